The van der Waals surface area contributed by atoms with Gasteiger partial charge < -0.3 is 4.90 Å². The first-order valence-electron chi connectivity index (χ1n) is 18.4. The molecule has 220 valence electrons. The minimum atomic E-state index is 0.712. The smallest absolute Gasteiger partial charge is 0.0818 e. The maximum absolute atomic E-state index is 3.26. The Kier molecular flexibility index (Phi) is 5.85. The van der Waals surface area contributed by atoms with E-state index < -0.39 is 0 Å². The van der Waals surface area contributed by atoms with Crippen molar-refractivity contribution in [2.75, 3.05) is 26.2 Å². The number of rotatable bonds is 1. The maximum Gasteiger partial charge on any atom is 0.0818 e. The zero-order valence-electron chi connectivity index (χ0n) is 25.1. The third-order valence-corrected chi connectivity index (χ3v) is 14.8. The number of hydrogen-bond donors (Lipinski definition) is 0. The van der Waals surface area contributed by atoms with Gasteiger partial charge in [0, 0.05) is 55.9 Å². The molecule has 0 N–H and O–H groups in total. The van der Waals surface area contributed by atoms with Crippen molar-refractivity contribution >= 4 is 0 Å². The molecule has 0 amide bonds. The van der Waals surface area contributed by atoms with Crippen LogP contribution in [-0.4, -0.2) is 93.3 Å². The van der Waals surface area contributed by atoms with Crippen LogP contribution < -0.4 is 0 Å². The molecular formula is C35H55N5. The van der Waals surface area contributed by atoms with E-state index in [0.717, 1.165) is 66.1 Å². The highest BCUT2D eigenvalue weighted by Gasteiger charge is 2.63. The molecule has 0 bridgehead atoms. The summed E-state index contributed by atoms with van der Waals surface area (Å²) < 4.78 is 0. The second-order valence-electron chi connectivity index (χ2n) is 16.3. The van der Waals surface area contributed by atoms with Crippen molar-refractivity contribution < 1.29 is 0 Å². The molecule has 9 fully saturated rings. The van der Waals surface area contributed by atoms with Gasteiger partial charge in [-0.2, -0.15) is 0 Å². The predicted molar refractivity (Wildman–Crippen MR) is 159 cm³/mol. The molecule has 8 heterocycles. The van der Waals surface area contributed by atoms with Crippen molar-refractivity contribution in [1.29, 1.82) is 0 Å². The van der Waals surface area contributed by atoms with Crippen LogP contribution >= 0.6 is 0 Å². The molecule has 12 atom stereocenters. The quantitative estimate of drug-likeness (QED) is 0.420. The fourth-order valence-electron chi connectivity index (χ4n) is 13.7. The van der Waals surface area contributed by atoms with Crippen LogP contribution in [0.15, 0.2) is 11.8 Å². The van der Waals surface area contributed by atoms with Crippen LogP contribution in [0.3, 0.4) is 0 Å². The highest BCUT2D eigenvalue weighted by atomic mass is 15.5. The van der Waals surface area contributed by atoms with Gasteiger partial charge in [-0.05, 0) is 126 Å². The van der Waals surface area contributed by atoms with E-state index in [2.05, 4.69) is 30.7 Å². The van der Waals surface area contributed by atoms with E-state index in [0.29, 0.717) is 6.17 Å². The summed E-state index contributed by atoms with van der Waals surface area (Å²) >= 11 is 0. The molecule has 40 heavy (non-hydrogen) atoms. The summed E-state index contributed by atoms with van der Waals surface area (Å²) in [6.45, 7) is 5.53. The fraction of sp³-hybridized carbons (Fsp3) is 0.943. The van der Waals surface area contributed by atoms with Gasteiger partial charge in [0.2, 0.25) is 0 Å². The number of piperidine rings is 4. The minimum Gasteiger partial charge on any atom is -0.358 e. The molecule has 2 aliphatic carbocycles. The van der Waals surface area contributed by atoms with Gasteiger partial charge in [-0.25, -0.2) is 0 Å². The van der Waals surface area contributed by atoms with Crippen molar-refractivity contribution in [3.8, 4) is 0 Å². The van der Waals surface area contributed by atoms with Crippen LogP contribution in [0.25, 0.3) is 0 Å². The van der Waals surface area contributed by atoms with Crippen LogP contribution in [0.4, 0.5) is 0 Å². The van der Waals surface area contributed by atoms with Crippen LogP contribution in [0.1, 0.15) is 109 Å². The molecule has 0 aromatic carbocycles. The van der Waals surface area contributed by atoms with E-state index in [1.165, 1.54) is 135 Å². The molecule has 0 spiro atoms. The summed E-state index contributed by atoms with van der Waals surface area (Å²) in [5.74, 6) is 4.62. The minimum absolute atomic E-state index is 0.712. The largest absolute Gasteiger partial charge is 0.358 e. The summed E-state index contributed by atoms with van der Waals surface area (Å²) in [4.78, 5) is 15.6. The molecule has 5 nitrogen and oxygen atoms in total. The van der Waals surface area contributed by atoms with E-state index in [-0.39, 0.29) is 0 Å². The lowest BCUT2D eigenvalue weighted by atomic mass is 9.61. The normalized spacial score (nSPS) is 52.6. The van der Waals surface area contributed by atoms with Crippen molar-refractivity contribution in [1.82, 2.24) is 24.5 Å². The molecule has 12 unspecified atom stereocenters. The predicted octanol–water partition coefficient (Wildman–Crippen LogP) is 5.68. The highest BCUT2D eigenvalue weighted by Crippen LogP contribution is 2.57. The van der Waals surface area contributed by atoms with Crippen LogP contribution in [0, 0.1) is 29.6 Å². The van der Waals surface area contributed by atoms with Gasteiger partial charge in [0.1, 0.15) is 0 Å². The first-order valence-corrected chi connectivity index (χ1v) is 18.4. The third-order valence-electron chi connectivity index (χ3n) is 14.8. The Hall–Kier alpha value is -0.620. The SMILES string of the molecule is C1=C(C2C3CCCC4CCC5N6CCCCC6C6CCCN2C6N5C43)CC2CCCC3CN4CCCCC4N1C23. The molecule has 10 rings (SSSR count). The van der Waals surface area contributed by atoms with E-state index >= 15 is 0 Å². The molecular weight excluding hydrogens is 490 g/mol. The fourth-order valence-corrected chi connectivity index (χ4v) is 13.7. The van der Waals surface area contributed by atoms with Gasteiger partial charge in [0.05, 0.1) is 18.5 Å². The molecule has 0 radical (unpaired) electrons. The van der Waals surface area contributed by atoms with Crippen LogP contribution in [0.2, 0.25) is 0 Å². The Labute approximate surface area is 243 Å². The summed E-state index contributed by atoms with van der Waals surface area (Å²) in [5, 5.41) is 0. The van der Waals surface area contributed by atoms with E-state index in [1.807, 2.05) is 5.57 Å². The summed E-state index contributed by atoms with van der Waals surface area (Å²) in [6, 6.07) is 3.34. The van der Waals surface area contributed by atoms with Crippen molar-refractivity contribution in [3.63, 3.8) is 0 Å². The summed E-state index contributed by atoms with van der Waals surface area (Å²) in [7, 11) is 0. The summed E-state index contributed by atoms with van der Waals surface area (Å²) in [5.41, 5.74) is 1.92. The average molecular weight is 546 g/mol. The molecule has 0 aromatic rings. The zero-order valence-corrected chi connectivity index (χ0v) is 25.1. The number of hydrogen-bond acceptors (Lipinski definition) is 5. The van der Waals surface area contributed by atoms with Crippen molar-refractivity contribution in [2.45, 2.75) is 152 Å². The second-order valence-corrected chi connectivity index (χ2v) is 16.3. The van der Waals surface area contributed by atoms with Crippen LogP contribution in [-0.2, 0) is 0 Å². The zero-order chi connectivity index (χ0) is 25.9. The van der Waals surface area contributed by atoms with Crippen molar-refractivity contribution in [2.24, 2.45) is 29.6 Å². The van der Waals surface area contributed by atoms with Gasteiger partial charge in [-0.3, -0.25) is 19.6 Å². The monoisotopic (exact) mass is 545 g/mol. The van der Waals surface area contributed by atoms with E-state index in [1.54, 1.807) is 0 Å². The number of nitrogens with zero attached hydrogens (tertiary/aromatic N) is 5. The average Bonchev–Trinajstić information content (AvgIpc) is 3.01. The standard InChI is InChI=1S/C35H55N5/c1-4-18-37-29(13-1)27-12-7-19-38-33(28-11-6-8-23-15-16-31(37)40(34(23)28)35(27)38)26-20-24-9-5-10-25-21-36-17-3-2-14-30(36)39(22-26)32(24)25/h22-25,27-35H,1-21H2. The van der Waals surface area contributed by atoms with Gasteiger partial charge in [0.15, 0.2) is 0 Å². The third kappa shape index (κ3) is 3.41. The van der Waals surface area contributed by atoms with Crippen molar-refractivity contribution in [3.05, 3.63) is 11.8 Å². The molecule has 0 aromatic heterocycles. The Morgan fingerprint density at radius 3 is 2.40 bits per heavy atom. The first kappa shape index (κ1) is 24.8. The molecule has 5 heteroatoms. The maximum atomic E-state index is 3.26. The topological polar surface area (TPSA) is 16.2 Å². The lowest BCUT2D eigenvalue weighted by Gasteiger charge is -2.72. The Morgan fingerprint density at radius 1 is 0.575 bits per heavy atom. The Balaban J connectivity index is 1.08. The Morgan fingerprint density at radius 2 is 1.40 bits per heavy atom. The summed E-state index contributed by atoms with van der Waals surface area (Å²) in [6.07, 6.45) is 30.2. The van der Waals surface area contributed by atoms with Gasteiger partial charge >= 0.3 is 0 Å². The number of fused-ring (bicyclic) bond motifs is 5. The first-order chi connectivity index (χ1) is 19.8. The molecule has 8 aliphatic heterocycles. The van der Waals surface area contributed by atoms with Crippen LogP contribution in [0.5, 0.6) is 0 Å². The van der Waals surface area contributed by atoms with Gasteiger partial charge in [-0.1, -0.05) is 19.3 Å². The molecule has 10 aliphatic rings. The second kappa shape index (κ2) is 9.44. The lowest BCUT2D eigenvalue weighted by Crippen LogP contribution is -2.81. The van der Waals surface area contributed by atoms with E-state index in [9.17, 15) is 0 Å². The highest BCUT2D eigenvalue weighted by molar-refractivity contribution is 5.26. The van der Waals surface area contributed by atoms with Gasteiger partial charge in [-0.15, -0.1) is 0 Å². The molecule has 7 saturated heterocycles. The Bertz CT molecular complexity index is 1030. The van der Waals surface area contributed by atoms with E-state index in [4.69, 9.17) is 0 Å². The van der Waals surface area contributed by atoms with Gasteiger partial charge in [0.25, 0.3) is 0 Å². The lowest BCUT2D eigenvalue weighted by molar-refractivity contribution is -0.262. The molecule has 2 saturated carbocycles.